The lowest BCUT2D eigenvalue weighted by Gasteiger charge is -2.40. The molecule has 0 amide bonds. The van der Waals surface area contributed by atoms with Crippen molar-refractivity contribution in [3.63, 3.8) is 0 Å². The second kappa shape index (κ2) is 6.67. The van der Waals surface area contributed by atoms with Gasteiger partial charge in [0.15, 0.2) is 0 Å². The number of nitrogens with one attached hydrogen (secondary N) is 1. The molecule has 4 heteroatoms. The van der Waals surface area contributed by atoms with Crippen LogP contribution in [-0.4, -0.2) is 57.3 Å². The molecule has 2 saturated heterocycles. The third-order valence-corrected chi connectivity index (χ3v) is 5.05. The van der Waals surface area contributed by atoms with Crippen molar-refractivity contribution in [3.8, 4) is 5.75 Å². The zero-order valence-electron chi connectivity index (χ0n) is 13.2. The molecule has 0 radical (unpaired) electrons. The van der Waals surface area contributed by atoms with Crippen LogP contribution in [0, 0.1) is 5.92 Å². The topological polar surface area (TPSA) is 27.7 Å². The monoisotopic (exact) mass is 289 g/mol. The zero-order chi connectivity index (χ0) is 14.7. The molecule has 0 saturated carbocycles. The minimum absolute atomic E-state index is 0.744. The summed E-state index contributed by atoms with van der Waals surface area (Å²) in [5.74, 6) is 1.76. The van der Waals surface area contributed by atoms with Crippen LogP contribution in [0.25, 0.3) is 0 Å². The lowest BCUT2D eigenvalue weighted by molar-refractivity contribution is 0.160. The molecular weight excluding hydrogens is 262 g/mol. The number of benzene rings is 1. The molecule has 2 aliphatic rings. The first-order chi connectivity index (χ1) is 10.3. The Hall–Kier alpha value is -1.26. The van der Waals surface area contributed by atoms with Crippen LogP contribution >= 0.6 is 0 Å². The fourth-order valence-corrected chi connectivity index (χ4v) is 3.67. The van der Waals surface area contributed by atoms with E-state index in [1.54, 1.807) is 7.11 Å². The van der Waals surface area contributed by atoms with Crippen molar-refractivity contribution in [2.24, 2.45) is 5.92 Å². The van der Waals surface area contributed by atoms with Crippen LogP contribution in [-0.2, 0) is 0 Å². The van der Waals surface area contributed by atoms with E-state index in [4.69, 9.17) is 4.74 Å². The average Bonchev–Trinajstić information content (AvgIpc) is 3.04. The van der Waals surface area contributed by atoms with E-state index in [0.717, 1.165) is 30.8 Å². The summed E-state index contributed by atoms with van der Waals surface area (Å²) in [5, 5.41) is 3.56. The maximum Gasteiger partial charge on any atom is 0.119 e. The van der Waals surface area contributed by atoms with E-state index in [-0.39, 0.29) is 0 Å². The van der Waals surface area contributed by atoms with Crippen LogP contribution in [0.4, 0.5) is 5.69 Å². The first-order valence-electron chi connectivity index (χ1n) is 8.15. The molecule has 2 fully saturated rings. The maximum atomic E-state index is 5.23. The molecule has 0 bridgehead atoms. The summed E-state index contributed by atoms with van der Waals surface area (Å²) < 4.78 is 5.23. The Labute approximate surface area is 128 Å². The van der Waals surface area contributed by atoms with E-state index in [2.05, 4.69) is 46.3 Å². The first kappa shape index (κ1) is 14.7. The van der Waals surface area contributed by atoms with Crippen molar-refractivity contribution >= 4 is 5.69 Å². The summed E-state index contributed by atoms with van der Waals surface area (Å²) in [6.45, 7) is 9.28. The summed E-state index contributed by atoms with van der Waals surface area (Å²) in [6.07, 6.45) is 1.29. The molecule has 2 aliphatic heterocycles. The highest BCUT2D eigenvalue weighted by Gasteiger charge is 2.32. The van der Waals surface area contributed by atoms with E-state index >= 15 is 0 Å². The highest BCUT2D eigenvalue weighted by Crippen LogP contribution is 2.24. The van der Waals surface area contributed by atoms with E-state index in [1.165, 1.54) is 38.3 Å². The van der Waals surface area contributed by atoms with Gasteiger partial charge in [0.05, 0.1) is 7.11 Å². The average molecular weight is 289 g/mol. The molecule has 2 heterocycles. The van der Waals surface area contributed by atoms with Crippen molar-refractivity contribution in [2.45, 2.75) is 19.4 Å². The highest BCUT2D eigenvalue weighted by molar-refractivity contribution is 5.49. The van der Waals surface area contributed by atoms with E-state index < -0.39 is 0 Å². The lowest BCUT2D eigenvalue weighted by atomic mass is 9.98. The lowest BCUT2D eigenvalue weighted by Crippen LogP contribution is -2.52. The van der Waals surface area contributed by atoms with Crippen LogP contribution in [0.3, 0.4) is 0 Å². The molecule has 0 spiro atoms. The van der Waals surface area contributed by atoms with Gasteiger partial charge in [0.25, 0.3) is 0 Å². The van der Waals surface area contributed by atoms with Crippen LogP contribution in [0.15, 0.2) is 24.3 Å². The van der Waals surface area contributed by atoms with E-state index in [1.807, 2.05) is 0 Å². The van der Waals surface area contributed by atoms with E-state index in [0.29, 0.717) is 0 Å². The summed E-state index contributed by atoms with van der Waals surface area (Å²) >= 11 is 0. The molecule has 2 atom stereocenters. The Bertz CT molecular complexity index is 440. The molecule has 0 aliphatic carbocycles. The predicted molar refractivity (Wildman–Crippen MR) is 87.2 cm³/mol. The van der Waals surface area contributed by atoms with Gasteiger partial charge in [0.2, 0.25) is 0 Å². The molecule has 0 aromatic heterocycles. The normalized spacial score (nSPS) is 27.0. The molecule has 1 aromatic carbocycles. The summed E-state index contributed by atoms with van der Waals surface area (Å²) in [5.41, 5.74) is 1.31. The number of methoxy groups -OCH3 is 1. The highest BCUT2D eigenvalue weighted by atomic mass is 16.5. The molecule has 3 rings (SSSR count). The van der Waals surface area contributed by atoms with Gasteiger partial charge in [0.1, 0.15) is 5.75 Å². The van der Waals surface area contributed by atoms with Crippen molar-refractivity contribution in [1.82, 2.24) is 10.2 Å². The Balaban J connectivity index is 1.57. The quantitative estimate of drug-likeness (QED) is 0.915. The van der Waals surface area contributed by atoms with Crippen molar-refractivity contribution in [3.05, 3.63) is 24.3 Å². The Kier molecular flexibility index (Phi) is 4.66. The van der Waals surface area contributed by atoms with Crippen LogP contribution in [0.1, 0.15) is 13.3 Å². The van der Waals surface area contributed by atoms with Gasteiger partial charge in [-0.2, -0.15) is 0 Å². The van der Waals surface area contributed by atoms with Gasteiger partial charge >= 0.3 is 0 Å². The number of rotatable bonds is 4. The molecule has 1 N–H and O–H groups in total. The van der Waals surface area contributed by atoms with Crippen LogP contribution in [0.2, 0.25) is 0 Å². The van der Waals surface area contributed by atoms with Gasteiger partial charge < -0.3 is 15.0 Å². The number of anilines is 1. The number of nitrogens with zero attached hydrogens (tertiary/aromatic N) is 2. The van der Waals surface area contributed by atoms with Crippen molar-refractivity contribution < 1.29 is 4.74 Å². The third kappa shape index (κ3) is 3.16. The van der Waals surface area contributed by atoms with E-state index in [9.17, 15) is 0 Å². The summed E-state index contributed by atoms with van der Waals surface area (Å²) in [4.78, 5) is 5.17. The number of ether oxygens (including phenoxy) is 1. The second-order valence-electron chi connectivity index (χ2n) is 6.11. The van der Waals surface area contributed by atoms with Gasteiger partial charge in [-0.1, -0.05) is 13.3 Å². The van der Waals surface area contributed by atoms with Gasteiger partial charge in [-0.15, -0.1) is 0 Å². The number of hydrogen-bond donors (Lipinski definition) is 1. The second-order valence-corrected chi connectivity index (χ2v) is 6.11. The van der Waals surface area contributed by atoms with Gasteiger partial charge in [-0.25, -0.2) is 0 Å². The van der Waals surface area contributed by atoms with Gasteiger partial charge in [-0.05, 0) is 36.7 Å². The molecule has 21 heavy (non-hydrogen) atoms. The standard InChI is InChI=1S/C17H27N3O/c1-3-14-12-18-13-17(14)20-10-8-19(9-11-20)15-4-6-16(21-2)7-5-15/h4-7,14,17-18H,3,8-13H2,1-2H3. The SMILES string of the molecule is CCC1CNCC1N1CCN(c2ccc(OC)cc2)CC1. The minimum atomic E-state index is 0.744. The number of hydrogen-bond acceptors (Lipinski definition) is 4. The minimum Gasteiger partial charge on any atom is -0.497 e. The van der Waals surface area contributed by atoms with Crippen molar-refractivity contribution in [2.75, 3.05) is 51.3 Å². The summed E-state index contributed by atoms with van der Waals surface area (Å²) in [6, 6.07) is 9.18. The Morgan fingerprint density at radius 3 is 2.43 bits per heavy atom. The Morgan fingerprint density at radius 1 is 1.10 bits per heavy atom. The predicted octanol–water partition coefficient (Wildman–Crippen LogP) is 1.82. The molecular formula is C17H27N3O. The van der Waals surface area contributed by atoms with Crippen molar-refractivity contribution in [1.29, 1.82) is 0 Å². The molecule has 116 valence electrons. The zero-order valence-corrected chi connectivity index (χ0v) is 13.2. The third-order valence-electron chi connectivity index (χ3n) is 5.05. The Morgan fingerprint density at radius 2 is 1.81 bits per heavy atom. The van der Waals surface area contributed by atoms with Gasteiger partial charge in [0, 0.05) is 44.5 Å². The molecule has 1 aromatic rings. The largest absolute Gasteiger partial charge is 0.497 e. The summed E-state index contributed by atoms with van der Waals surface area (Å²) in [7, 11) is 1.72. The molecule has 2 unspecified atom stereocenters. The molecule has 4 nitrogen and oxygen atoms in total. The van der Waals surface area contributed by atoms with Crippen LogP contribution in [0.5, 0.6) is 5.75 Å². The first-order valence-corrected chi connectivity index (χ1v) is 8.15. The fourth-order valence-electron chi connectivity index (χ4n) is 3.67. The maximum absolute atomic E-state index is 5.23. The van der Waals surface area contributed by atoms with Gasteiger partial charge in [-0.3, -0.25) is 4.90 Å². The smallest absolute Gasteiger partial charge is 0.119 e. The van der Waals surface area contributed by atoms with Crippen LogP contribution < -0.4 is 15.0 Å². The number of piperazine rings is 1. The fraction of sp³-hybridized carbons (Fsp3) is 0.647.